The predicted molar refractivity (Wildman–Crippen MR) is 92.4 cm³/mol. The first kappa shape index (κ1) is 16.2. The molecule has 0 bridgehead atoms. The number of carbonyl (C=O) groups is 1. The van der Waals surface area contributed by atoms with Gasteiger partial charge in [-0.25, -0.2) is 4.98 Å². The molecule has 24 heavy (non-hydrogen) atoms. The predicted octanol–water partition coefficient (Wildman–Crippen LogP) is 2.64. The molecule has 0 spiro atoms. The number of aromatic nitrogens is 2. The van der Waals surface area contributed by atoms with Gasteiger partial charge in [-0.3, -0.25) is 4.79 Å². The Morgan fingerprint density at radius 1 is 1.12 bits per heavy atom. The van der Waals surface area contributed by atoms with Crippen molar-refractivity contribution < 1.29 is 9.53 Å². The number of nitrogens with zero attached hydrogens (tertiary/aromatic N) is 4. The fourth-order valence-electron chi connectivity index (χ4n) is 2.76. The van der Waals surface area contributed by atoms with Gasteiger partial charge in [0.1, 0.15) is 17.4 Å². The highest BCUT2D eigenvalue weighted by molar-refractivity contribution is 5.76. The summed E-state index contributed by atoms with van der Waals surface area (Å²) in [6.45, 7) is 6.75. The summed E-state index contributed by atoms with van der Waals surface area (Å²) in [7, 11) is 0. The molecule has 0 N–H and O–H groups in total. The Bertz CT molecular complexity index is 697. The van der Waals surface area contributed by atoms with Gasteiger partial charge in [0.05, 0.1) is 0 Å². The van der Waals surface area contributed by atoms with Crippen LogP contribution in [0.4, 0.5) is 5.82 Å². The third kappa shape index (κ3) is 3.82. The lowest BCUT2D eigenvalue weighted by atomic mass is 10.3. The van der Waals surface area contributed by atoms with Crippen LogP contribution in [0.3, 0.4) is 0 Å². The first-order valence-corrected chi connectivity index (χ1v) is 8.27. The minimum atomic E-state index is 0.210. The number of rotatable bonds is 4. The molecule has 1 aromatic heterocycles. The average Bonchev–Trinajstić information content (AvgIpc) is 2.61. The molecule has 6 nitrogen and oxygen atoms in total. The smallest absolute Gasteiger partial charge is 0.224 e. The summed E-state index contributed by atoms with van der Waals surface area (Å²) in [6.07, 6.45) is 0.557. The maximum Gasteiger partial charge on any atom is 0.224 e. The molecule has 0 radical (unpaired) electrons. The lowest BCUT2D eigenvalue weighted by molar-refractivity contribution is -0.131. The van der Waals surface area contributed by atoms with Crippen LogP contribution in [0.1, 0.15) is 19.2 Å². The van der Waals surface area contributed by atoms with Crippen molar-refractivity contribution in [3.63, 3.8) is 0 Å². The van der Waals surface area contributed by atoms with Gasteiger partial charge >= 0.3 is 0 Å². The minimum absolute atomic E-state index is 0.210. The Labute approximate surface area is 142 Å². The number of benzene rings is 1. The van der Waals surface area contributed by atoms with Crippen molar-refractivity contribution in [3.8, 4) is 11.6 Å². The van der Waals surface area contributed by atoms with E-state index < -0.39 is 0 Å². The minimum Gasteiger partial charge on any atom is -0.439 e. The van der Waals surface area contributed by atoms with E-state index in [0.29, 0.717) is 18.1 Å². The first-order valence-electron chi connectivity index (χ1n) is 8.27. The standard InChI is InChI=1S/C18H22N4O2/c1-3-18(23)22-11-9-21(10-12-22)16-13-17(20-14(2)19-16)24-15-7-5-4-6-8-15/h4-8,13H,3,9-12H2,1-2H3. The second-order valence-electron chi connectivity index (χ2n) is 5.75. The van der Waals surface area contributed by atoms with Crippen LogP contribution in [-0.4, -0.2) is 47.0 Å². The zero-order valence-electron chi connectivity index (χ0n) is 14.1. The zero-order valence-corrected chi connectivity index (χ0v) is 14.1. The number of amides is 1. The van der Waals surface area contributed by atoms with Crippen LogP contribution in [0.5, 0.6) is 11.6 Å². The quantitative estimate of drug-likeness (QED) is 0.864. The van der Waals surface area contributed by atoms with E-state index >= 15 is 0 Å². The highest BCUT2D eigenvalue weighted by Gasteiger charge is 2.21. The van der Waals surface area contributed by atoms with E-state index in [0.717, 1.165) is 37.7 Å². The maximum absolute atomic E-state index is 11.8. The van der Waals surface area contributed by atoms with Gasteiger partial charge < -0.3 is 14.5 Å². The summed E-state index contributed by atoms with van der Waals surface area (Å²) in [5.41, 5.74) is 0. The van der Waals surface area contributed by atoms with E-state index in [4.69, 9.17) is 4.74 Å². The molecular weight excluding hydrogens is 304 g/mol. The van der Waals surface area contributed by atoms with E-state index in [1.807, 2.05) is 55.1 Å². The van der Waals surface area contributed by atoms with E-state index in [-0.39, 0.29) is 5.91 Å². The number of para-hydroxylation sites is 1. The summed E-state index contributed by atoms with van der Waals surface area (Å²) in [6, 6.07) is 11.4. The van der Waals surface area contributed by atoms with E-state index in [1.165, 1.54) is 0 Å². The SMILES string of the molecule is CCC(=O)N1CCN(c2cc(Oc3ccccc3)nc(C)n2)CC1. The average molecular weight is 326 g/mol. The van der Waals surface area contributed by atoms with Crippen molar-refractivity contribution in [2.45, 2.75) is 20.3 Å². The molecule has 126 valence electrons. The number of ether oxygens (including phenoxy) is 1. The summed E-state index contributed by atoms with van der Waals surface area (Å²) in [4.78, 5) is 24.7. The topological polar surface area (TPSA) is 58.6 Å². The van der Waals surface area contributed by atoms with Crippen LogP contribution >= 0.6 is 0 Å². The molecule has 1 amide bonds. The molecule has 0 saturated carbocycles. The molecule has 0 aliphatic carbocycles. The van der Waals surface area contributed by atoms with Crippen LogP contribution in [0, 0.1) is 6.92 Å². The molecule has 6 heteroatoms. The largest absolute Gasteiger partial charge is 0.439 e. The first-order chi connectivity index (χ1) is 11.7. The molecule has 1 saturated heterocycles. The Kier molecular flexibility index (Phi) is 4.93. The van der Waals surface area contributed by atoms with E-state index in [2.05, 4.69) is 14.9 Å². The molecule has 0 atom stereocenters. The van der Waals surface area contributed by atoms with Crippen molar-refractivity contribution in [2.24, 2.45) is 0 Å². The third-order valence-corrected chi connectivity index (χ3v) is 4.03. The molecular formula is C18H22N4O2. The number of aryl methyl sites for hydroxylation is 1. The van der Waals surface area contributed by atoms with Crippen molar-refractivity contribution in [2.75, 3.05) is 31.1 Å². The second kappa shape index (κ2) is 7.29. The summed E-state index contributed by atoms with van der Waals surface area (Å²) < 4.78 is 5.83. The molecule has 1 aliphatic rings. The van der Waals surface area contributed by atoms with E-state index in [1.54, 1.807) is 0 Å². The van der Waals surface area contributed by atoms with Crippen LogP contribution in [0.2, 0.25) is 0 Å². The fraction of sp³-hybridized carbons (Fsp3) is 0.389. The lowest BCUT2D eigenvalue weighted by Crippen LogP contribution is -2.48. The van der Waals surface area contributed by atoms with Crippen LogP contribution in [0.25, 0.3) is 0 Å². The van der Waals surface area contributed by atoms with Gasteiger partial charge in [0, 0.05) is 38.7 Å². The molecule has 3 rings (SSSR count). The van der Waals surface area contributed by atoms with E-state index in [9.17, 15) is 4.79 Å². The fourth-order valence-corrected chi connectivity index (χ4v) is 2.76. The zero-order chi connectivity index (χ0) is 16.9. The molecule has 2 heterocycles. The highest BCUT2D eigenvalue weighted by atomic mass is 16.5. The van der Waals surface area contributed by atoms with Crippen LogP contribution in [0.15, 0.2) is 36.4 Å². The number of piperazine rings is 1. The maximum atomic E-state index is 11.8. The van der Waals surface area contributed by atoms with Gasteiger partial charge in [-0.15, -0.1) is 0 Å². The molecule has 1 aliphatic heterocycles. The van der Waals surface area contributed by atoms with Crippen molar-refractivity contribution in [1.82, 2.24) is 14.9 Å². The Morgan fingerprint density at radius 3 is 2.50 bits per heavy atom. The third-order valence-electron chi connectivity index (χ3n) is 4.03. The molecule has 1 aromatic carbocycles. The van der Waals surface area contributed by atoms with Crippen LogP contribution in [-0.2, 0) is 4.79 Å². The van der Waals surface area contributed by atoms with Crippen molar-refractivity contribution in [3.05, 3.63) is 42.2 Å². The monoisotopic (exact) mass is 326 g/mol. The van der Waals surface area contributed by atoms with Crippen molar-refractivity contribution in [1.29, 1.82) is 0 Å². The lowest BCUT2D eigenvalue weighted by Gasteiger charge is -2.35. The van der Waals surface area contributed by atoms with Gasteiger partial charge in [-0.1, -0.05) is 25.1 Å². The van der Waals surface area contributed by atoms with Gasteiger partial charge in [0.2, 0.25) is 11.8 Å². The normalized spacial score (nSPS) is 14.6. The van der Waals surface area contributed by atoms with Gasteiger partial charge in [0.15, 0.2) is 0 Å². The van der Waals surface area contributed by atoms with Gasteiger partial charge in [-0.05, 0) is 19.1 Å². The number of hydrogen-bond donors (Lipinski definition) is 0. The Morgan fingerprint density at radius 2 is 1.83 bits per heavy atom. The Balaban J connectivity index is 1.71. The second-order valence-corrected chi connectivity index (χ2v) is 5.75. The van der Waals surface area contributed by atoms with Crippen LogP contribution < -0.4 is 9.64 Å². The van der Waals surface area contributed by atoms with Crippen molar-refractivity contribution >= 4 is 11.7 Å². The van der Waals surface area contributed by atoms with Gasteiger partial charge in [0.25, 0.3) is 0 Å². The number of hydrogen-bond acceptors (Lipinski definition) is 5. The highest BCUT2D eigenvalue weighted by Crippen LogP contribution is 2.23. The molecule has 2 aromatic rings. The molecule has 0 unspecified atom stereocenters. The molecule has 1 fully saturated rings. The summed E-state index contributed by atoms with van der Waals surface area (Å²) >= 11 is 0. The number of anilines is 1. The summed E-state index contributed by atoms with van der Waals surface area (Å²) in [5, 5.41) is 0. The van der Waals surface area contributed by atoms with Gasteiger partial charge in [-0.2, -0.15) is 4.98 Å². The number of carbonyl (C=O) groups excluding carboxylic acids is 1. The summed E-state index contributed by atoms with van der Waals surface area (Å²) in [5.74, 6) is 3.01. The Hall–Kier alpha value is -2.63.